The number of phenols is 4. The lowest BCUT2D eigenvalue weighted by Gasteiger charge is -2.30. The third kappa shape index (κ3) is 17.6. The third-order valence-corrected chi connectivity index (χ3v) is 12.0. The van der Waals surface area contributed by atoms with Crippen molar-refractivity contribution in [3.05, 3.63) is 47.5 Å². The molecule has 2 aliphatic heterocycles. The fraction of sp³-hybridized carbons (Fsp3) is 0.633. The van der Waals surface area contributed by atoms with E-state index in [4.69, 9.17) is 30.9 Å². The summed E-state index contributed by atoms with van der Waals surface area (Å²) in [7, 11) is 0. The first kappa shape index (κ1) is 59.8. The molecule has 16 nitrogen and oxygen atoms in total. The van der Waals surface area contributed by atoms with Gasteiger partial charge in [-0.2, -0.15) is 0 Å². The molecule has 368 valence electrons. The molecule has 2 heterocycles. The zero-order valence-corrected chi connectivity index (χ0v) is 41.1. The van der Waals surface area contributed by atoms with Gasteiger partial charge in [0.05, 0.1) is 36.2 Å². The normalized spacial score (nSPS) is 19.2. The van der Waals surface area contributed by atoms with Gasteiger partial charge in [0.1, 0.15) is 0 Å². The van der Waals surface area contributed by atoms with Gasteiger partial charge in [-0.3, -0.25) is 33.7 Å². The second kappa shape index (κ2) is 26.7. The van der Waals surface area contributed by atoms with E-state index in [0.29, 0.717) is 25.9 Å². The first-order valence-electron chi connectivity index (χ1n) is 22.3. The van der Waals surface area contributed by atoms with Crippen LogP contribution >= 0.6 is 0 Å². The Labute approximate surface area is 385 Å². The molecule has 2 aliphatic rings. The predicted octanol–water partition coefficient (Wildman–Crippen LogP) is 6.99. The molecule has 0 spiro atoms. The largest absolute Gasteiger partial charge is 0.504 e. The number of hydrogen-bond donors (Lipinski definition) is 7. The van der Waals surface area contributed by atoms with Gasteiger partial charge in [0.25, 0.3) is 0 Å². The SMILES string of the molecule is CCC(C)(C)C1C(=O)N(CCc2ccc(O)c(O)c2)C(=O)C1C.CCC(C)(C)C1C(=O)OC(=O)C1C.CCO.CCOC(=O)C(C)C(C(=O)O)C(C)(C)C.NCCc1ccc(O)c(O)c1. The molecule has 0 aromatic heterocycles. The number of esters is 3. The van der Waals surface area contributed by atoms with Gasteiger partial charge in [0.2, 0.25) is 11.8 Å². The van der Waals surface area contributed by atoms with Crippen molar-refractivity contribution in [2.24, 2.45) is 57.5 Å². The molecule has 2 aromatic carbocycles. The number of phenolic OH excluding ortho intramolecular Hbond substituents is 4. The van der Waals surface area contributed by atoms with E-state index < -0.39 is 29.2 Å². The van der Waals surface area contributed by atoms with Crippen molar-refractivity contribution in [3.8, 4) is 23.0 Å². The monoisotopic (exact) mass is 919 g/mol. The summed E-state index contributed by atoms with van der Waals surface area (Å²) in [5.41, 5.74) is 6.19. The fourth-order valence-corrected chi connectivity index (χ4v) is 7.74. The third-order valence-electron chi connectivity index (χ3n) is 12.0. The van der Waals surface area contributed by atoms with Crippen LogP contribution in [0.5, 0.6) is 23.0 Å². The standard InChI is InChI=1S/C18H25NO4.C11H20O4.C10H16O3.C8H11NO2.C2H6O/c1-5-18(3,4)15-11(2)16(22)19(17(15)23)9-8-12-6-7-13(20)14(21)10-12;1-6-15-10(14)7(2)8(9(12)13)11(3,4)5;1-5-10(3,4)7-6(2)8(11)13-9(7)12;9-4-3-6-1-2-7(10)8(11)5-6;1-2-3/h6-7,10-11,15,20-21H,5,8-9H2,1-4H3;7-8H,6H2,1-5H3,(H,12,13);6-7H,5H2,1-4H3;1-2,5,10-11H,3-4,9H2;3H,2H2,1H3. The van der Waals surface area contributed by atoms with Crippen LogP contribution in [0.4, 0.5) is 0 Å². The Morgan fingerprint density at radius 2 is 1.17 bits per heavy atom. The maximum absolute atomic E-state index is 12.7. The predicted molar refractivity (Wildman–Crippen MR) is 246 cm³/mol. The number of ether oxygens (including phenoxy) is 2. The summed E-state index contributed by atoms with van der Waals surface area (Å²) in [6, 6.07) is 9.25. The van der Waals surface area contributed by atoms with E-state index in [9.17, 15) is 39.0 Å². The Bertz CT molecular complexity index is 1890. The minimum atomic E-state index is -0.956. The van der Waals surface area contributed by atoms with Crippen LogP contribution in [-0.2, 0) is 51.1 Å². The molecule has 8 N–H and O–H groups in total. The number of imide groups is 1. The Balaban J connectivity index is 0.000000856. The lowest BCUT2D eigenvalue weighted by atomic mass is 9.72. The fourth-order valence-electron chi connectivity index (χ4n) is 7.74. The summed E-state index contributed by atoms with van der Waals surface area (Å²) in [6.07, 6.45) is 2.87. The van der Waals surface area contributed by atoms with Crippen LogP contribution in [0.15, 0.2) is 36.4 Å². The summed E-state index contributed by atoms with van der Waals surface area (Å²) >= 11 is 0. The number of aliphatic carboxylic acids is 1. The number of carbonyl (C=O) groups excluding carboxylic acids is 5. The molecule has 0 saturated carbocycles. The topological polar surface area (TPSA) is 272 Å². The summed E-state index contributed by atoms with van der Waals surface area (Å²) < 4.78 is 9.42. The van der Waals surface area contributed by atoms with Crippen molar-refractivity contribution in [1.82, 2.24) is 4.90 Å². The molecule has 6 atom stereocenters. The number of carbonyl (C=O) groups is 6. The van der Waals surface area contributed by atoms with E-state index in [1.807, 2.05) is 69.2 Å². The van der Waals surface area contributed by atoms with Crippen molar-refractivity contribution in [1.29, 1.82) is 0 Å². The molecule has 6 unspecified atom stereocenters. The van der Waals surface area contributed by atoms with Gasteiger partial charge < -0.3 is 45.8 Å². The maximum Gasteiger partial charge on any atom is 0.318 e. The number of aliphatic hydroxyl groups excluding tert-OH is 1. The van der Waals surface area contributed by atoms with Gasteiger partial charge in [-0.15, -0.1) is 0 Å². The summed E-state index contributed by atoms with van der Waals surface area (Å²) in [4.78, 5) is 71.5. The van der Waals surface area contributed by atoms with E-state index >= 15 is 0 Å². The molecular formula is C49H78N2O14. The van der Waals surface area contributed by atoms with Crippen LogP contribution < -0.4 is 5.73 Å². The van der Waals surface area contributed by atoms with Crippen molar-refractivity contribution in [2.45, 2.75) is 123 Å². The molecule has 65 heavy (non-hydrogen) atoms. The van der Waals surface area contributed by atoms with Gasteiger partial charge in [0, 0.05) is 19.1 Å². The highest BCUT2D eigenvalue weighted by Crippen LogP contribution is 2.42. The Hall–Kier alpha value is -5.22. The maximum atomic E-state index is 12.7. The second-order valence-corrected chi connectivity index (χ2v) is 18.8. The zero-order chi connectivity index (χ0) is 50.8. The second-order valence-electron chi connectivity index (χ2n) is 18.8. The van der Waals surface area contributed by atoms with Crippen LogP contribution in [-0.4, -0.2) is 97.5 Å². The molecule has 0 bridgehead atoms. The summed E-state index contributed by atoms with van der Waals surface area (Å²) in [5.74, 6) is -5.40. The molecule has 16 heteroatoms. The number of hydrogen-bond acceptors (Lipinski definition) is 14. The van der Waals surface area contributed by atoms with Gasteiger partial charge >= 0.3 is 23.9 Å². The van der Waals surface area contributed by atoms with Gasteiger partial charge in [-0.1, -0.05) is 108 Å². The first-order chi connectivity index (χ1) is 29.9. The number of cyclic esters (lactones) is 2. The van der Waals surface area contributed by atoms with Gasteiger partial charge in [0.15, 0.2) is 23.0 Å². The number of benzene rings is 2. The van der Waals surface area contributed by atoms with Crippen LogP contribution in [0.2, 0.25) is 0 Å². The van der Waals surface area contributed by atoms with Crippen molar-refractivity contribution >= 4 is 35.7 Å². The molecule has 4 rings (SSSR count). The number of carboxylic acids is 1. The van der Waals surface area contributed by atoms with E-state index in [0.717, 1.165) is 24.0 Å². The molecular weight excluding hydrogens is 841 g/mol. The van der Waals surface area contributed by atoms with E-state index in [2.05, 4.69) is 4.74 Å². The Kier molecular flexibility index (Phi) is 24.5. The molecule has 0 aliphatic carbocycles. The smallest absolute Gasteiger partial charge is 0.318 e. The number of rotatable bonds is 13. The lowest BCUT2D eigenvalue weighted by Crippen LogP contribution is -2.38. The van der Waals surface area contributed by atoms with Crippen LogP contribution in [0, 0.1) is 51.8 Å². The molecule has 2 saturated heterocycles. The lowest BCUT2D eigenvalue weighted by molar-refractivity contribution is -0.160. The zero-order valence-electron chi connectivity index (χ0n) is 41.1. The Morgan fingerprint density at radius 1 is 0.723 bits per heavy atom. The minimum absolute atomic E-state index is 0.0871. The van der Waals surface area contributed by atoms with Crippen molar-refractivity contribution in [2.75, 3.05) is 26.3 Å². The van der Waals surface area contributed by atoms with Gasteiger partial charge in [-0.05, 0) is 84.9 Å². The van der Waals surface area contributed by atoms with Crippen LogP contribution in [0.1, 0.15) is 121 Å². The van der Waals surface area contributed by atoms with E-state index in [-0.39, 0.29) is 94.5 Å². The number of aromatic hydroxyl groups is 4. The highest BCUT2D eigenvalue weighted by atomic mass is 16.6. The average Bonchev–Trinajstić information content (AvgIpc) is 3.60. The summed E-state index contributed by atoms with van der Waals surface area (Å²) in [5, 5.41) is 53.5. The van der Waals surface area contributed by atoms with E-state index in [1.54, 1.807) is 39.8 Å². The highest BCUT2D eigenvalue weighted by molar-refractivity contribution is 6.05. The summed E-state index contributed by atoms with van der Waals surface area (Å²) in [6.45, 7) is 27.5. The quantitative estimate of drug-likeness (QED) is 0.0462. The minimum Gasteiger partial charge on any atom is -0.504 e. The van der Waals surface area contributed by atoms with Crippen LogP contribution in [0.3, 0.4) is 0 Å². The molecule has 2 fully saturated rings. The van der Waals surface area contributed by atoms with E-state index in [1.165, 1.54) is 29.2 Å². The van der Waals surface area contributed by atoms with Crippen molar-refractivity contribution < 1.29 is 68.9 Å². The average molecular weight is 919 g/mol. The Morgan fingerprint density at radius 3 is 1.52 bits per heavy atom. The number of likely N-dealkylation sites (tertiary alicyclic amines) is 1. The molecule has 2 aromatic rings. The van der Waals surface area contributed by atoms with Crippen LogP contribution in [0.25, 0.3) is 0 Å². The van der Waals surface area contributed by atoms with Crippen molar-refractivity contribution in [3.63, 3.8) is 0 Å². The van der Waals surface area contributed by atoms with Gasteiger partial charge in [-0.25, -0.2) is 0 Å². The first-order valence-corrected chi connectivity index (χ1v) is 22.3. The number of carboxylic acid groups (broad SMARTS) is 1. The number of nitrogens with zero attached hydrogens (tertiary/aromatic N) is 1. The molecule has 0 radical (unpaired) electrons. The number of aliphatic hydroxyl groups is 1. The number of amides is 2. The highest BCUT2D eigenvalue weighted by Gasteiger charge is 2.51. The molecule has 2 amide bonds. The number of nitrogens with two attached hydrogens (primary N) is 1.